The van der Waals surface area contributed by atoms with Gasteiger partial charge in [0.1, 0.15) is 0 Å². The number of carbonyl (C=O) groups is 4. The van der Waals surface area contributed by atoms with Crippen LogP contribution in [0.1, 0.15) is 40.0 Å². The van der Waals surface area contributed by atoms with Gasteiger partial charge in [0, 0.05) is 11.6 Å². The molecule has 182 valence electrons. The van der Waals surface area contributed by atoms with E-state index in [0.29, 0.717) is 16.8 Å². The molecular weight excluding hydrogens is 456 g/mol. The zero-order chi connectivity index (χ0) is 25.6. The molecule has 0 spiro atoms. The standard InChI is InChI=1S/C29H26N2O5/c1-17-10-7-8-15-22(17)25-23-24(29(30-25,28(35)36-3)20-12-5-4-6-13-20)27(34)31(26(23)33)21-14-9-11-19(16-21)18(2)32/h4-16,23-25,30H,1-3H3. The van der Waals surface area contributed by atoms with Gasteiger partial charge in [0.2, 0.25) is 11.8 Å². The van der Waals surface area contributed by atoms with Gasteiger partial charge in [0.25, 0.3) is 0 Å². The van der Waals surface area contributed by atoms with Crippen molar-refractivity contribution < 1.29 is 23.9 Å². The van der Waals surface area contributed by atoms with E-state index in [9.17, 15) is 19.2 Å². The summed E-state index contributed by atoms with van der Waals surface area (Å²) in [5.74, 6) is -3.66. The van der Waals surface area contributed by atoms with Gasteiger partial charge in [-0.15, -0.1) is 0 Å². The summed E-state index contributed by atoms with van der Waals surface area (Å²) in [5, 5.41) is 3.40. The molecule has 4 atom stereocenters. The molecule has 5 rings (SSSR count). The highest BCUT2D eigenvalue weighted by molar-refractivity contribution is 6.24. The number of rotatable bonds is 5. The lowest BCUT2D eigenvalue weighted by molar-refractivity contribution is -0.152. The van der Waals surface area contributed by atoms with Crippen LogP contribution < -0.4 is 10.2 Å². The van der Waals surface area contributed by atoms with Gasteiger partial charge in [0.15, 0.2) is 11.3 Å². The Kier molecular flexibility index (Phi) is 5.80. The Bertz CT molecular complexity index is 1390. The predicted molar refractivity (Wildman–Crippen MR) is 133 cm³/mol. The maximum absolute atomic E-state index is 14.1. The number of hydrogen-bond acceptors (Lipinski definition) is 6. The van der Waals surface area contributed by atoms with E-state index in [2.05, 4.69) is 5.32 Å². The second-order valence-electron chi connectivity index (χ2n) is 9.27. The number of methoxy groups -OCH3 is 1. The van der Waals surface area contributed by atoms with Crippen molar-refractivity contribution in [2.24, 2.45) is 11.8 Å². The van der Waals surface area contributed by atoms with E-state index in [-0.39, 0.29) is 5.78 Å². The Morgan fingerprint density at radius 1 is 0.917 bits per heavy atom. The summed E-state index contributed by atoms with van der Waals surface area (Å²) in [6.45, 7) is 3.36. The fraction of sp³-hybridized carbons (Fsp3) is 0.241. The fourth-order valence-electron chi connectivity index (χ4n) is 5.66. The minimum atomic E-state index is -1.58. The molecule has 2 amide bonds. The second-order valence-corrected chi connectivity index (χ2v) is 9.27. The van der Waals surface area contributed by atoms with Crippen molar-refractivity contribution in [3.8, 4) is 0 Å². The summed E-state index contributed by atoms with van der Waals surface area (Å²) < 4.78 is 5.26. The number of amides is 2. The minimum absolute atomic E-state index is 0.177. The molecular formula is C29H26N2O5. The number of esters is 1. The number of Topliss-reactive ketones (excluding diaryl/α,β-unsaturated/α-hetero) is 1. The van der Waals surface area contributed by atoms with Crippen molar-refractivity contribution in [2.75, 3.05) is 12.0 Å². The van der Waals surface area contributed by atoms with Crippen molar-refractivity contribution in [1.29, 1.82) is 0 Å². The van der Waals surface area contributed by atoms with Crippen LogP contribution in [0.4, 0.5) is 5.69 Å². The van der Waals surface area contributed by atoms with Crippen LogP contribution in [0.5, 0.6) is 0 Å². The number of nitrogens with zero attached hydrogens (tertiary/aromatic N) is 1. The molecule has 2 heterocycles. The van der Waals surface area contributed by atoms with E-state index >= 15 is 0 Å². The van der Waals surface area contributed by atoms with Gasteiger partial charge in [-0.2, -0.15) is 0 Å². The molecule has 2 fully saturated rings. The summed E-state index contributed by atoms with van der Waals surface area (Å²) in [6, 6.07) is 22.3. The molecule has 0 bridgehead atoms. The van der Waals surface area contributed by atoms with Crippen LogP contribution in [-0.2, 0) is 24.7 Å². The first-order valence-corrected chi connectivity index (χ1v) is 11.8. The van der Waals surface area contributed by atoms with Gasteiger partial charge in [-0.3, -0.25) is 19.7 Å². The average Bonchev–Trinajstić information content (AvgIpc) is 3.38. The molecule has 3 aromatic rings. The number of anilines is 1. The monoisotopic (exact) mass is 482 g/mol. The van der Waals surface area contributed by atoms with Gasteiger partial charge in [-0.1, -0.05) is 66.7 Å². The first-order chi connectivity index (χ1) is 17.3. The zero-order valence-electron chi connectivity index (χ0n) is 20.2. The molecule has 2 saturated heterocycles. The quantitative estimate of drug-likeness (QED) is 0.339. The number of nitrogens with one attached hydrogen (secondary N) is 1. The summed E-state index contributed by atoms with van der Waals surface area (Å²) >= 11 is 0. The highest BCUT2D eigenvalue weighted by Gasteiger charge is 2.69. The van der Waals surface area contributed by atoms with Gasteiger partial charge in [-0.05, 0) is 42.7 Å². The van der Waals surface area contributed by atoms with Crippen molar-refractivity contribution in [3.05, 3.63) is 101 Å². The molecule has 2 aliphatic heterocycles. The van der Waals surface area contributed by atoms with Crippen LogP contribution in [0.15, 0.2) is 78.9 Å². The van der Waals surface area contributed by atoms with Crippen LogP contribution in [0.3, 0.4) is 0 Å². The molecule has 0 saturated carbocycles. The van der Waals surface area contributed by atoms with Gasteiger partial charge in [-0.25, -0.2) is 9.69 Å². The highest BCUT2D eigenvalue weighted by atomic mass is 16.5. The number of hydrogen-bond donors (Lipinski definition) is 1. The van der Waals surface area contributed by atoms with Gasteiger partial charge < -0.3 is 4.74 Å². The van der Waals surface area contributed by atoms with Crippen molar-refractivity contribution in [2.45, 2.75) is 25.4 Å². The topological polar surface area (TPSA) is 92.8 Å². The first-order valence-electron chi connectivity index (χ1n) is 11.8. The number of ketones is 1. The van der Waals surface area contributed by atoms with Crippen LogP contribution in [0.25, 0.3) is 0 Å². The normalized spacial score (nSPS) is 25.1. The lowest BCUT2D eigenvalue weighted by atomic mass is 9.75. The minimum Gasteiger partial charge on any atom is -0.467 e. The first kappa shape index (κ1) is 23.6. The Morgan fingerprint density at radius 3 is 2.28 bits per heavy atom. The van der Waals surface area contributed by atoms with Crippen molar-refractivity contribution >= 4 is 29.3 Å². The number of ether oxygens (including phenoxy) is 1. The van der Waals surface area contributed by atoms with E-state index in [0.717, 1.165) is 16.0 Å². The molecule has 0 aromatic heterocycles. The molecule has 7 heteroatoms. The van der Waals surface area contributed by atoms with E-state index in [1.54, 1.807) is 42.5 Å². The third-order valence-corrected chi connectivity index (χ3v) is 7.33. The molecule has 7 nitrogen and oxygen atoms in total. The Hall–Kier alpha value is -4.10. The number of benzene rings is 3. The van der Waals surface area contributed by atoms with E-state index in [1.807, 2.05) is 37.3 Å². The molecule has 1 N–H and O–H groups in total. The number of imide groups is 1. The average molecular weight is 483 g/mol. The Labute approximate surface area is 209 Å². The van der Waals surface area contributed by atoms with Crippen LogP contribution in [0, 0.1) is 18.8 Å². The van der Waals surface area contributed by atoms with E-state index in [1.165, 1.54) is 20.1 Å². The number of aryl methyl sites for hydroxylation is 1. The lowest BCUT2D eigenvalue weighted by Gasteiger charge is -2.33. The van der Waals surface area contributed by atoms with E-state index < -0.39 is 41.2 Å². The van der Waals surface area contributed by atoms with Crippen molar-refractivity contribution in [1.82, 2.24) is 5.32 Å². The zero-order valence-corrected chi connectivity index (χ0v) is 20.2. The van der Waals surface area contributed by atoms with E-state index in [4.69, 9.17) is 4.74 Å². The predicted octanol–water partition coefficient (Wildman–Crippen LogP) is 3.72. The SMILES string of the molecule is COC(=O)C1(c2ccccc2)NC(c2ccccc2C)C2C(=O)N(c3cccc(C(C)=O)c3)C(=O)C21. The molecule has 2 aliphatic rings. The second kappa shape index (κ2) is 8.84. The lowest BCUT2D eigenvalue weighted by Crippen LogP contribution is -2.53. The maximum Gasteiger partial charge on any atom is 0.331 e. The van der Waals surface area contributed by atoms with Gasteiger partial charge >= 0.3 is 5.97 Å². The summed E-state index contributed by atoms with van der Waals surface area (Å²) in [6.07, 6.45) is 0. The summed E-state index contributed by atoms with van der Waals surface area (Å²) in [7, 11) is 1.28. The number of carbonyl (C=O) groups excluding carboxylic acids is 4. The molecule has 3 aromatic carbocycles. The summed E-state index contributed by atoms with van der Waals surface area (Å²) in [5.41, 5.74) is 1.43. The molecule has 4 unspecified atom stereocenters. The Morgan fingerprint density at radius 2 is 1.61 bits per heavy atom. The third kappa shape index (κ3) is 3.38. The summed E-state index contributed by atoms with van der Waals surface area (Å²) in [4.78, 5) is 54.8. The van der Waals surface area contributed by atoms with Crippen LogP contribution >= 0.6 is 0 Å². The van der Waals surface area contributed by atoms with Crippen LogP contribution in [-0.4, -0.2) is 30.7 Å². The smallest absolute Gasteiger partial charge is 0.331 e. The molecule has 0 aliphatic carbocycles. The molecule has 36 heavy (non-hydrogen) atoms. The largest absolute Gasteiger partial charge is 0.467 e. The maximum atomic E-state index is 14.1. The Balaban J connectivity index is 1.74. The van der Waals surface area contributed by atoms with Crippen LogP contribution in [0.2, 0.25) is 0 Å². The number of fused-ring (bicyclic) bond motifs is 1. The van der Waals surface area contributed by atoms with Crippen molar-refractivity contribution in [3.63, 3.8) is 0 Å². The van der Waals surface area contributed by atoms with Gasteiger partial charge in [0.05, 0.1) is 24.6 Å². The third-order valence-electron chi connectivity index (χ3n) is 7.33. The fourth-order valence-corrected chi connectivity index (χ4v) is 5.66. The highest BCUT2D eigenvalue weighted by Crippen LogP contribution is 2.54. The molecule has 0 radical (unpaired) electrons.